The van der Waals surface area contributed by atoms with Crippen LogP contribution in [0.5, 0.6) is 0 Å². The van der Waals surface area contributed by atoms with E-state index in [2.05, 4.69) is 21.3 Å². The predicted octanol–water partition coefficient (Wildman–Crippen LogP) is 1.77. The van der Waals surface area contributed by atoms with Crippen LogP contribution in [0, 0.1) is 18.6 Å². The molecule has 0 unspecified atom stereocenters. The second-order valence-corrected chi connectivity index (χ2v) is 14.4. The maximum absolute atomic E-state index is 14.5. The van der Waals surface area contributed by atoms with Gasteiger partial charge in [0, 0.05) is 38.3 Å². The Balaban J connectivity index is 1.48. The Morgan fingerprint density at radius 3 is 2.11 bits per heavy atom. The zero-order chi connectivity index (χ0) is 40.1. The summed E-state index contributed by atoms with van der Waals surface area (Å²) < 4.78 is 34.3. The Morgan fingerprint density at radius 1 is 0.873 bits per heavy atom. The molecular formula is C38H47F2N7O8. The van der Waals surface area contributed by atoms with Crippen LogP contribution in [0.3, 0.4) is 0 Å². The highest BCUT2D eigenvalue weighted by atomic mass is 19.1. The molecule has 7 atom stereocenters. The normalized spacial score (nSPS) is 25.8. The van der Waals surface area contributed by atoms with Gasteiger partial charge in [0.25, 0.3) is 0 Å². The average molecular weight is 768 g/mol. The number of aryl methyl sites for hydroxylation is 1. The number of amides is 7. The van der Waals surface area contributed by atoms with Crippen molar-refractivity contribution in [3.05, 3.63) is 65.2 Å². The fourth-order valence-electron chi connectivity index (χ4n) is 7.09. The van der Waals surface area contributed by atoms with Crippen molar-refractivity contribution in [2.45, 2.75) is 102 Å². The van der Waals surface area contributed by atoms with Gasteiger partial charge in [-0.1, -0.05) is 17.7 Å². The van der Waals surface area contributed by atoms with Crippen LogP contribution in [0.25, 0.3) is 0 Å². The summed E-state index contributed by atoms with van der Waals surface area (Å²) in [6.45, 7) is 6.51. The quantitative estimate of drug-likeness (QED) is 0.321. The van der Waals surface area contributed by atoms with E-state index in [0.29, 0.717) is 24.6 Å². The first-order valence-corrected chi connectivity index (χ1v) is 18.3. The summed E-state index contributed by atoms with van der Waals surface area (Å²) in [5.74, 6) is -6.13. The number of rotatable bonds is 6. The third-order valence-electron chi connectivity index (χ3n) is 10.3. The second kappa shape index (κ2) is 17.2. The smallest absolute Gasteiger partial charge is 0.329 e. The lowest BCUT2D eigenvalue weighted by molar-refractivity contribution is -0.162. The minimum Gasteiger partial charge on any atom is -0.458 e. The molecule has 0 aromatic heterocycles. The van der Waals surface area contributed by atoms with Crippen LogP contribution < -0.4 is 21.3 Å². The highest BCUT2D eigenvalue weighted by molar-refractivity contribution is 5.98. The van der Waals surface area contributed by atoms with Gasteiger partial charge < -0.3 is 40.7 Å². The fraction of sp³-hybridized carbons (Fsp3) is 0.500. The first-order valence-electron chi connectivity index (χ1n) is 18.3. The molecule has 0 radical (unpaired) electrons. The third kappa shape index (κ3) is 9.56. The van der Waals surface area contributed by atoms with Crippen molar-refractivity contribution in [1.29, 1.82) is 0 Å². The number of esters is 1. The molecule has 3 heterocycles. The summed E-state index contributed by atoms with van der Waals surface area (Å²) in [4.78, 5) is 99.7. The van der Waals surface area contributed by atoms with Crippen LogP contribution in [0.4, 0.5) is 19.3 Å². The van der Waals surface area contributed by atoms with Crippen molar-refractivity contribution in [2.75, 3.05) is 25.5 Å². The molecule has 55 heavy (non-hydrogen) atoms. The fourth-order valence-corrected chi connectivity index (χ4v) is 7.09. The number of carbonyl (C=O) groups excluding carboxylic acids is 7. The molecule has 2 aromatic carbocycles. The van der Waals surface area contributed by atoms with Gasteiger partial charge in [-0.15, -0.1) is 0 Å². The van der Waals surface area contributed by atoms with E-state index in [-0.39, 0.29) is 31.5 Å². The van der Waals surface area contributed by atoms with Gasteiger partial charge in [-0.25, -0.2) is 18.4 Å². The summed E-state index contributed by atoms with van der Waals surface area (Å²) in [5, 5.41) is 10.3. The molecule has 17 heteroatoms. The van der Waals surface area contributed by atoms with E-state index < -0.39 is 102 Å². The van der Waals surface area contributed by atoms with Gasteiger partial charge in [0.2, 0.25) is 29.5 Å². The molecule has 3 saturated heterocycles. The summed E-state index contributed by atoms with van der Waals surface area (Å²) in [7, 11) is 1.41. The summed E-state index contributed by atoms with van der Waals surface area (Å²) >= 11 is 0. The topological polar surface area (TPSA) is 187 Å². The summed E-state index contributed by atoms with van der Waals surface area (Å²) in [5.41, 5.74) is 1.34. The van der Waals surface area contributed by atoms with Gasteiger partial charge in [-0.2, -0.15) is 0 Å². The summed E-state index contributed by atoms with van der Waals surface area (Å²) in [6, 6.07) is 1.30. The molecular weight excluding hydrogens is 720 g/mol. The Labute approximate surface area is 317 Å². The van der Waals surface area contributed by atoms with Gasteiger partial charge in [0.1, 0.15) is 54.0 Å². The SMILES string of the molecule is Cc1ccc(NC(=O)N[C@@H](Cc2cc(F)cc(F)c2)C(=O)N[C@@H]2C(=O)N3CCC[C@H]3C(=O)N(C)[C@@H](C)C(=O)N[C@@H](C)C(=O)N3CCC[C@H]3C(=O)O[C@H]2C)cc1. The van der Waals surface area contributed by atoms with Crippen molar-refractivity contribution in [2.24, 2.45) is 0 Å². The Morgan fingerprint density at radius 2 is 1.47 bits per heavy atom. The van der Waals surface area contributed by atoms with Crippen LogP contribution in [-0.4, -0.2) is 119 Å². The van der Waals surface area contributed by atoms with Crippen molar-refractivity contribution in [3.63, 3.8) is 0 Å². The number of nitrogens with one attached hydrogen (secondary N) is 4. The Kier molecular flexibility index (Phi) is 12.7. The van der Waals surface area contributed by atoms with E-state index >= 15 is 0 Å². The van der Waals surface area contributed by atoms with Crippen LogP contribution in [0.2, 0.25) is 0 Å². The maximum atomic E-state index is 14.5. The second-order valence-electron chi connectivity index (χ2n) is 14.4. The first-order chi connectivity index (χ1) is 26.0. The number of carbonyl (C=O) groups is 7. The van der Waals surface area contributed by atoms with Crippen molar-refractivity contribution >= 4 is 47.2 Å². The zero-order valence-electron chi connectivity index (χ0n) is 31.4. The average Bonchev–Trinajstić information content (AvgIpc) is 3.83. The van der Waals surface area contributed by atoms with Crippen molar-refractivity contribution < 1.29 is 47.1 Å². The van der Waals surface area contributed by atoms with E-state index in [4.69, 9.17) is 4.74 Å². The maximum Gasteiger partial charge on any atom is 0.329 e. The number of hydrogen-bond donors (Lipinski definition) is 4. The number of hydrogen-bond acceptors (Lipinski definition) is 8. The minimum atomic E-state index is -1.62. The van der Waals surface area contributed by atoms with Crippen molar-refractivity contribution in [1.82, 2.24) is 30.7 Å². The number of ether oxygens (including phenoxy) is 1. The molecule has 15 nitrogen and oxygen atoms in total. The highest BCUT2D eigenvalue weighted by Gasteiger charge is 2.45. The standard InChI is InChI=1S/C38H47F2N7O8/c1-20-10-12-27(13-11-20)42-38(54)43-28(18-24-16-25(39)19-26(40)17-24)33(49)44-31-23(4)55-37(53)30-9-7-15-47(30)34(50)21(2)41-32(48)22(3)45(5)35(51)29-8-6-14-46(29)36(31)52/h10-13,16-17,19,21-23,28-31H,6-9,14-15,18H2,1-5H3,(H,41,48)(H,44,49)(H2,42,43,54)/t21-,22-,23-,28-,29-,30-,31-/m0/s1. The van der Waals surface area contributed by atoms with E-state index in [1.807, 2.05) is 6.92 Å². The predicted molar refractivity (Wildman–Crippen MR) is 194 cm³/mol. The number of fused-ring (bicyclic) bond motifs is 2. The summed E-state index contributed by atoms with van der Waals surface area (Å²) in [6.07, 6.45) is -0.434. The molecule has 4 N–H and O–H groups in total. The van der Waals surface area contributed by atoms with Gasteiger partial charge in [0.15, 0.2) is 0 Å². The Hall–Kier alpha value is -5.61. The van der Waals surface area contributed by atoms with Crippen LogP contribution in [0.1, 0.15) is 57.6 Å². The molecule has 3 aliphatic heterocycles. The molecule has 0 saturated carbocycles. The number of benzene rings is 2. The molecule has 0 bridgehead atoms. The van der Waals surface area contributed by atoms with Gasteiger partial charge in [-0.05, 0) is 83.2 Å². The number of cyclic esters (lactones) is 1. The van der Waals surface area contributed by atoms with Crippen molar-refractivity contribution in [3.8, 4) is 0 Å². The van der Waals surface area contributed by atoms with E-state index in [1.54, 1.807) is 24.3 Å². The lowest BCUT2D eigenvalue weighted by Crippen LogP contribution is -2.62. The monoisotopic (exact) mass is 767 g/mol. The third-order valence-corrected chi connectivity index (χ3v) is 10.3. The molecule has 2 aromatic rings. The largest absolute Gasteiger partial charge is 0.458 e. The van der Waals surface area contributed by atoms with E-state index in [9.17, 15) is 42.3 Å². The number of urea groups is 1. The molecule has 3 aliphatic rings. The Bertz CT molecular complexity index is 1810. The van der Waals surface area contributed by atoms with Gasteiger partial charge in [-0.3, -0.25) is 24.0 Å². The molecule has 0 spiro atoms. The lowest BCUT2D eigenvalue weighted by Gasteiger charge is -2.36. The van der Waals surface area contributed by atoms with Crippen LogP contribution in [-0.2, 0) is 39.9 Å². The van der Waals surface area contributed by atoms with Crippen LogP contribution in [0.15, 0.2) is 42.5 Å². The minimum absolute atomic E-state index is 0.0173. The number of anilines is 1. The van der Waals surface area contributed by atoms with E-state index in [0.717, 1.165) is 17.7 Å². The molecule has 0 aliphatic carbocycles. The number of nitrogens with zero attached hydrogens (tertiary/aromatic N) is 3. The molecule has 7 amide bonds. The lowest BCUT2D eigenvalue weighted by atomic mass is 10.0. The zero-order valence-corrected chi connectivity index (χ0v) is 31.4. The molecule has 5 rings (SSSR count). The molecule has 3 fully saturated rings. The number of likely N-dealkylation sites (N-methyl/N-ethyl adjacent to an activating group) is 1. The highest BCUT2D eigenvalue weighted by Crippen LogP contribution is 2.25. The van der Waals surface area contributed by atoms with E-state index in [1.165, 1.54) is 42.5 Å². The number of halogens is 2. The molecule has 296 valence electrons. The van der Waals surface area contributed by atoms with Gasteiger partial charge >= 0.3 is 12.0 Å². The first kappa shape index (κ1) is 40.6. The van der Waals surface area contributed by atoms with Crippen LogP contribution >= 0.6 is 0 Å². The van der Waals surface area contributed by atoms with Gasteiger partial charge in [0.05, 0.1) is 0 Å².